The normalized spacial score (nSPS) is 11.2. The van der Waals surface area contributed by atoms with E-state index in [1.165, 1.54) is 7.11 Å². The Hall–Kier alpha value is -0.790. The lowest BCUT2D eigenvalue weighted by Crippen LogP contribution is -2.06. The van der Waals surface area contributed by atoms with Crippen molar-refractivity contribution in [3.63, 3.8) is 0 Å². The molecule has 0 amide bonds. The fourth-order valence-corrected chi connectivity index (χ4v) is 2.68. The molecule has 1 heterocycles. The van der Waals surface area contributed by atoms with Crippen LogP contribution in [0.25, 0.3) is 0 Å². The molecular formula is C8H9ClO5S2. The minimum absolute atomic E-state index is 0.0469. The van der Waals surface area contributed by atoms with Gasteiger partial charge in [-0.3, -0.25) is 0 Å². The van der Waals surface area contributed by atoms with E-state index in [1.54, 1.807) is 12.3 Å². The molecular weight excluding hydrogens is 276 g/mol. The molecule has 90 valence electrons. The summed E-state index contributed by atoms with van der Waals surface area (Å²) in [5, 5.41) is 1.63. The number of hydrogen-bond acceptors (Lipinski definition) is 6. The van der Waals surface area contributed by atoms with Gasteiger partial charge in [0.15, 0.2) is 10.6 Å². The van der Waals surface area contributed by atoms with Gasteiger partial charge in [-0.2, -0.15) is 8.42 Å². The van der Waals surface area contributed by atoms with Crippen LogP contribution in [0.1, 0.15) is 22.2 Å². The van der Waals surface area contributed by atoms with E-state index in [4.69, 9.17) is 10.7 Å². The Kier molecular flexibility index (Phi) is 4.17. The maximum absolute atomic E-state index is 11.3. The van der Waals surface area contributed by atoms with Crippen molar-refractivity contribution in [2.24, 2.45) is 0 Å². The number of ether oxygens (including phenoxy) is 1. The van der Waals surface area contributed by atoms with Crippen LogP contribution in [0.4, 0.5) is 0 Å². The van der Waals surface area contributed by atoms with E-state index in [1.807, 2.05) is 0 Å². The topological polar surface area (TPSA) is 69.7 Å². The van der Waals surface area contributed by atoms with E-state index in [9.17, 15) is 13.2 Å². The summed E-state index contributed by atoms with van der Waals surface area (Å²) >= 11 is 1.05. The van der Waals surface area contributed by atoms with Gasteiger partial charge in [-0.25, -0.2) is 4.79 Å². The van der Waals surface area contributed by atoms with Gasteiger partial charge in [-0.15, -0.1) is 11.3 Å². The third-order valence-electron chi connectivity index (χ3n) is 1.75. The third kappa shape index (κ3) is 3.10. The first-order valence-electron chi connectivity index (χ1n) is 4.21. The maximum Gasteiger partial charge on any atom is 0.401 e. The fourth-order valence-electron chi connectivity index (χ4n) is 1.05. The first-order valence-corrected chi connectivity index (χ1v) is 7.33. The molecule has 0 aromatic carbocycles. The highest BCUT2D eigenvalue weighted by Gasteiger charge is 2.23. The van der Waals surface area contributed by atoms with Crippen LogP contribution in [0.3, 0.4) is 0 Å². The summed E-state index contributed by atoms with van der Waals surface area (Å²) in [5.41, 5.74) is 0.592. The Balaban J connectivity index is 3.21. The summed E-state index contributed by atoms with van der Waals surface area (Å²) in [5.74, 6) is -0.700. The van der Waals surface area contributed by atoms with Crippen LogP contribution in [0, 0.1) is 0 Å². The summed E-state index contributed by atoms with van der Waals surface area (Å²) in [6, 6.07) is 0. The van der Waals surface area contributed by atoms with E-state index in [2.05, 4.69) is 8.92 Å². The lowest BCUT2D eigenvalue weighted by Gasteiger charge is -2.04. The van der Waals surface area contributed by atoms with Crippen LogP contribution in [-0.4, -0.2) is 21.5 Å². The van der Waals surface area contributed by atoms with Crippen LogP contribution >= 0.6 is 22.0 Å². The lowest BCUT2D eigenvalue weighted by molar-refractivity contribution is 0.0604. The summed E-state index contributed by atoms with van der Waals surface area (Å²) < 4.78 is 30.7. The smallest absolute Gasteiger partial charge is 0.401 e. The number of aryl methyl sites for hydroxylation is 1. The Morgan fingerprint density at radius 1 is 1.56 bits per heavy atom. The molecule has 1 aromatic heterocycles. The van der Waals surface area contributed by atoms with Crippen molar-refractivity contribution in [1.82, 2.24) is 0 Å². The summed E-state index contributed by atoms with van der Waals surface area (Å²) in [6.45, 7) is 1.80. The van der Waals surface area contributed by atoms with Crippen molar-refractivity contribution in [2.75, 3.05) is 7.11 Å². The molecule has 0 fully saturated rings. The number of hydrogen-bond donors (Lipinski definition) is 0. The number of esters is 1. The van der Waals surface area contributed by atoms with Crippen LogP contribution < -0.4 is 4.18 Å². The van der Waals surface area contributed by atoms with Crippen molar-refractivity contribution >= 4 is 37.3 Å². The second kappa shape index (κ2) is 5.03. The number of carbonyl (C=O) groups excluding carboxylic acids is 1. The lowest BCUT2D eigenvalue weighted by atomic mass is 10.2. The van der Waals surface area contributed by atoms with E-state index in [0.717, 1.165) is 11.3 Å². The molecule has 0 aliphatic carbocycles. The van der Waals surface area contributed by atoms with Gasteiger partial charge in [0.2, 0.25) is 0 Å². The number of carbonyl (C=O) groups is 1. The largest absolute Gasteiger partial charge is 0.465 e. The minimum Gasteiger partial charge on any atom is -0.465 e. The number of thiophene rings is 1. The predicted octanol–water partition coefficient (Wildman–Crippen LogP) is 1.96. The molecule has 0 spiro atoms. The van der Waals surface area contributed by atoms with E-state index >= 15 is 0 Å². The fraction of sp³-hybridized carbons (Fsp3) is 0.375. The van der Waals surface area contributed by atoms with Gasteiger partial charge in [0.25, 0.3) is 0 Å². The molecule has 0 atom stereocenters. The molecule has 0 aliphatic heterocycles. The minimum atomic E-state index is -4.17. The molecule has 0 saturated carbocycles. The second-order valence-electron chi connectivity index (χ2n) is 2.74. The van der Waals surface area contributed by atoms with Gasteiger partial charge in [-0.1, -0.05) is 6.92 Å². The van der Waals surface area contributed by atoms with Crippen molar-refractivity contribution < 1.29 is 22.1 Å². The molecule has 0 unspecified atom stereocenters. The SMILES string of the molecule is CCc1csc(C(=O)OC)c1OS(=O)(=O)Cl. The van der Waals surface area contributed by atoms with Gasteiger partial charge in [0, 0.05) is 5.56 Å². The van der Waals surface area contributed by atoms with Gasteiger partial charge in [0.1, 0.15) is 0 Å². The average molecular weight is 285 g/mol. The number of rotatable bonds is 4. The van der Waals surface area contributed by atoms with Crippen molar-refractivity contribution in [2.45, 2.75) is 13.3 Å². The van der Waals surface area contributed by atoms with Crippen LogP contribution in [-0.2, 0) is 20.5 Å². The van der Waals surface area contributed by atoms with Crippen LogP contribution in [0.5, 0.6) is 5.75 Å². The second-order valence-corrected chi connectivity index (χ2v) is 5.71. The zero-order chi connectivity index (χ0) is 12.3. The molecule has 0 N–H and O–H groups in total. The van der Waals surface area contributed by atoms with Gasteiger partial charge < -0.3 is 8.92 Å². The molecule has 0 aliphatic rings. The zero-order valence-corrected chi connectivity index (χ0v) is 10.9. The van der Waals surface area contributed by atoms with Gasteiger partial charge in [-0.05, 0) is 11.8 Å². The Bertz CT molecular complexity index is 491. The highest BCUT2D eigenvalue weighted by molar-refractivity contribution is 8.10. The number of halogens is 1. The summed E-state index contributed by atoms with van der Waals surface area (Å²) in [6.07, 6.45) is 0.523. The first kappa shape index (κ1) is 13.3. The van der Waals surface area contributed by atoms with Crippen molar-refractivity contribution in [1.29, 1.82) is 0 Å². The molecule has 0 saturated heterocycles. The predicted molar refractivity (Wildman–Crippen MR) is 60.4 cm³/mol. The highest BCUT2D eigenvalue weighted by Crippen LogP contribution is 2.33. The molecule has 0 bridgehead atoms. The highest BCUT2D eigenvalue weighted by atomic mass is 35.7. The Morgan fingerprint density at radius 2 is 2.19 bits per heavy atom. The average Bonchev–Trinajstić information content (AvgIpc) is 2.57. The van der Waals surface area contributed by atoms with Crippen molar-refractivity contribution in [3.05, 3.63) is 15.8 Å². The van der Waals surface area contributed by atoms with Crippen LogP contribution in [0.15, 0.2) is 5.38 Å². The number of methoxy groups -OCH3 is 1. The monoisotopic (exact) mass is 284 g/mol. The standard InChI is InChI=1S/C8H9ClO5S2/c1-3-5-4-15-7(8(10)13-2)6(5)14-16(9,11)12/h4H,3H2,1-2H3. The summed E-state index contributed by atoms with van der Waals surface area (Å²) in [7, 11) is 2.00. The molecule has 1 aromatic rings. The zero-order valence-electron chi connectivity index (χ0n) is 8.52. The Morgan fingerprint density at radius 3 is 2.62 bits per heavy atom. The summed E-state index contributed by atoms with van der Waals surface area (Å²) in [4.78, 5) is 11.4. The van der Waals surface area contributed by atoms with Gasteiger partial charge in [0.05, 0.1) is 17.8 Å². The molecule has 8 heteroatoms. The molecule has 0 radical (unpaired) electrons. The Labute approximate surface area is 102 Å². The molecule has 16 heavy (non-hydrogen) atoms. The van der Waals surface area contributed by atoms with Gasteiger partial charge >= 0.3 is 15.3 Å². The maximum atomic E-state index is 11.3. The first-order chi connectivity index (χ1) is 7.39. The van der Waals surface area contributed by atoms with E-state index in [0.29, 0.717) is 12.0 Å². The van der Waals surface area contributed by atoms with Crippen molar-refractivity contribution in [3.8, 4) is 5.75 Å². The molecule has 5 nitrogen and oxygen atoms in total. The van der Waals surface area contributed by atoms with E-state index < -0.39 is 15.3 Å². The quantitative estimate of drug-likeness (QED) is 0.624. The van der Waals surface area contributed by atoms with Crippen LogP contribution in [0.2, 0.25) is 0 Å². The molecule has 1 rings (SSSR count). The van der Waals surface area contributed by atoms with E-state index in [-0.39, 0.29) is 10.6 Å². The third-order valence-corrected chi connectivity index (χ3v) is 3.30.